The van der Waals surface area contributed by atoms with Gasteiger partial charge in [-0.1, -0.05) is 0 Å². The lowest BCUT2D eigenvalue weighted by atomic mass is 10.2. The monoisotopic (exact) mass is 323 g/mol. The van der Waals surface area contributed by atoms with Gasteiger partial charge in [0.15, 0.2) is 0 Å². The van der Waals surface area contributed by atoms with E-state index in [1.165, 1.54) is 0 Å². The topological polar surface area (TPSA) is 39.1 Å². The van der Waals surface area contributed by atoms with Crippen LogP contribution in [0.25, 0.3) is 0 Å². The van der Waals surface area contributed by atoms with Gasteiger partial charge in [-0.2, -0.15) is 5.26 Å². The van der Waals surface area contributed by atoms with Crippen LogP contribution in [-0.4, -0.2) is 30.1 Å². The van der Waals surface area contributed by atoms with Crippen molar-refractivity contribution in [2.45, 2.75) is 39.8 Å². The Bertz CT molecular complexity index is 441. The van der Waals surface area contributed by atoms with Gasteiger partial charge in [0.2, 0.25) is 0 Å². The molecule has 1 aromatic carbocycles. The molecular weight excluding hydrogens is 302 g/mol. The molecule has 104 valence electrons. The van der Waals surface area contributed by atoms with Gasteiger partial charge in [-0.15, -0.1) is 0 Å². The zero-order chi connectivity index (χ0) is 14.4. The number of nitrogens with one attached hydrogen (secondary N) is 1. The standard InChI is InChI=1S/C15H22BrN3/c1-11(2)19(12(3)4)8-7-18-14-6-5-13(10-17)15(16)9-14/h5-6,9,11-12,18H,7-8H2,1-4H3. The number of benzene rings is 1. The molecule has 4 heteroatoms. The number of nitrogens with zero attached hydrogens (tertiary/aromatic N) is 2. The largest absolute Gasteiger partial charge is 0.384 e. The SMILES string of the molecule is CC(C)N(CCNc1ccc(C#N)c(Br)c1)C(C)C. The van der Waals surface area contributed by atoms with Gasteiger partial charge in [0.25, 0.3) is 0 Å². The van der Waals surface area contributed by atoms with Crippen LogP contribution in [0.1, 0.15) is 33.3 Å². The molecule has 0 saturated heterocycles. The second-order valence-electron chi connectivity index (χ2n) is 5.16. The summed E-state index contributed by atoms with van der Waals surface area (Å²) in [5.74, 6) is 0. The van der Waals surface area contributed by atoms with E-state index in [-0.39, 0.29) is 0 Å². The summed E-state index contributed by atoms with van der Waals surface area (Å²) in [6.45, 7) is 10.8. The van der Waals surface area contributed by atoms with Gasteiger partial charge in [-0.3, -0.25) is 4.90 Å². The van der Waals surface area contributed by atoms with Crippen LogP contribution in [-0.2, 0) is 0 Å². The Morgan fingerprint density at radius 1 is 1.26 bits per heavy atom. The molecule has 0 aliphatic heterocycles. The average Bonchev–Trinajstić information content (AvgIpc) is 2.33. The summed E-state index contributed by atoms with van der Waals surface area (Å²) < 4.78 is 0.838. The van der Waals surface area contributed by atoms with Gasteiger partial charge >= 0.3 is 0 Å². The van der Waals surface area contributed by atoms with Crippen molar-refractivity contribution in [2.24, 2.45) is 0 Å². The van der Waals surface area contributed by atoms with Gasteiger partial charge in [0.1, 0.15) is 6.07 Å². The van der Waals surface area contributed by atoms with E-state index >= 15 is 0 Å². The van der Waals surface area contributed by atoms with Crippen molar-refractivity contribution in [2.75, 3.05) is 18.4 Å². The van der Waals surface area contributed by atoms with Crippen LogP contribution in [0.15, 0.2) is 22.7 Å². The molecule has 1 N–H and O–H groups in total. The van der Waals surface area contributed by atoms with Crippen molar-refractivity contribution in [1.82, 2.24) is 4.90 Å². The van der Waals surface area contributed by atoms with Crippen molar-refractivity contribution in [3.05, 3.63) is 28.2 Å². The maximum atomic E-state index is 8.87. The Kier molecular flexibility index (Phi) is 6.33. The molecule has 0 fully saturated rings. The minimum Gasteiger partial charge on any atom is -0.384 e. The summed E-state index contributed by atoms with van der Waals surface area (Å²) in [4.78, 5) is 2.45. The minimum absolute atomic E-state index is 0.550. The van der Waals surface area contributed by atoms with E-state index in [4.69, 9.17) is 5.26 Å². The molecular formula is C15H22BrN3. The van der Waals surface area contributed by atoms with Crippen LogP contribution in [0.2, 0.25) is 0 Å². The van der Waals surface area contributed by atoms with E-state index in [9.17, 15) is 0 Å². The molecule has 0 unspecified atom stereocenters. The molecule has 0 bridgehead atoms. The van der Waals surface area contributed by atoms with Crippen LogP contribution in [0.4, 0.5) is 5.69 Å². The Hall–Kier alpha value is -1.05. The smallest absolute Gasteiger partial charge is 0.100 e. The first-order chi connectivity index (χ1) is 8.95. The van der Waals surface area contributed by atoms with Gasteiger partial charge in [0, 0.05) is 35.3 Å². The minimum atomic E-state index is 0.550. The van der Waals surface area contributed by atoms with Crippen molar-refractivity contribution < 1.29 is 0 Å². The fraction of sp³-hybridized carbons (Fsp3) is 0.533. The second-order valence-corrected chi connectivity index (χ2v) is 6.01. The molecule has 0 atom stereocenters. The predicted octanol–water partition coefficient (Wildman–Crippen LogP) is 3.85. The molecule has 0 amide bonds. The number of hydrogen-bond acceptors (Lipinski definition) is 3. The predicted molar refractivity (Wildman–Crippen MR) is 84.3 cm³/mol. The normalized spacial score (nSPS) is 11.1. The number of anilines is 1. The first-order valence-corrected chi connectivity index (χ1v) is 7.44. The van der Waals surface area contributed by atoms with E-state index in [0.29, 0.717) is 17.6 Å². The Balaban J connectivity index is 2.54. The van der Waals surface area contributed by atoms with Gasteiger partial charge in [-0.05, 0) is 61.8 Å². The highest BCUT2D eigenvalue weighted by Gasteiger charge is 2.12. The van der Waals surface area contributed by atoms with Crippen molar-refractivity contribution in [1.29, 1.82) is 5.26 Å². The molecule has 0 heterocycles. The summed E-state index contributed by atoms with van der Waals surface area (Å²) in [7, 11) is 0. The summed E-state index contributed by atoms with van der Waals surface area (Å²) >= 11 is 3.40. The zero-order valence-electron chi connectivity index (χ0n) is 12.1. The molecule has 0 aromatic heterocycles. The second kappa shape index (κ2) is 7.52. The molecule has 1 rings (SSSR count). The zero-order valence-corrected chi connectivity index (χ0v) is 13.7. The van der Waals surface area contributed by atoms with E-state index in [1.54, 1.807) is 0 Å². The third-order valence-corrected chi connectivity index (χ3v) is 3.77. The first-order valence-electron chi connectivity index (χ1n) is 6.65. The maximum Gasteiger partial charge on any atom is 0.100 e. The van der Waals surface area contributed by atoms with Crippen molar-refractivity contribution >= 4 is 21.6 Å². The fourth-order valence-electron chi connectivity index (χ4n) is 2.16. The third kappa shape index (κ3) is 4.85. The Labute approximate surface area is 124 Å². The molecule has 0 saturated carbocycles. The molecule has 0 aliphatic rings. The number of nitriles is 1. The quantitative estimate of drug-likeness (QED) is 0.864. The Morgan fingerprint density at radius 3 is 2.37 bits per heavy atom. The number of halogens is 1. The van der Waals surface area contributed by atoms with Crippen LogP contribution >= 0.6 is 15.9 Å². The number of hydrogen-bond donors (Lipinski definition) is 1. The summed E-state index contributed by atoms with van der Waals surface area (Å²) in [5.41, 5.74) is 1.70. The average molecular weight is 324 g/mol. The van der Waals surface area contributed by atoms with Gasteiger partial charge < -0.3 is 5.32 Å². The van der Waals surface area contributed by atoms with Crippen LogP contribution < -0.4 is 5.32 Å². The molecule has 0 spiro atoms. The van der Waals surface area contributed by atoms with Crippen LogP contribution in [0.3, 0.4) is 0 Å². The maximum absolute atomic E-state index is 8.87. The molecule has 1 aromatic rings. The van der Waals surface area contributed by atoms with Gasteiger partial charge in [-0.25, -0.2) is 0 Å². The summed E-state index contributed by atoms with van der Waals surface area (Å²) in [6.07, 6.45) is 0. The third-order valence-electron chi connectivity index (χ3n) is 3.12. The molecule has 19 heavy (non-hydrogen) atoms. The van der Waals surface area contributed by atoms with Gasteiger partial charge in [0.05, 0.1) is 5.56 Å². The van der Waals surface area contributed by atoms with E-state index in [2.05, 4.69) is 59.9 Å². The molecule has 0 radical (unpaired) electrons. The Morgan fingerprint density at radius 2 is 1.89 bits per heavy atom. The van der Waals surface area contributed by atoms with E-state index in [0.717, 1.165) is 23.2 Å². The van der Waals surface area contributed by atoms with Crippen LogP contribution in [0, 0.1) is 11.3 Å². The van der Waals surface area contributed by atoms with Crippen LogP contribution in [0.5, 0.6) is 0 Å². The molecule has 3 nitrogen and oxygen atoms in total. The molecule has 0 aliphatic carbocycles. The number of rotatable bonds is 6. The highest BCUT2D eigenvalue weighted by Crippen LogP contribution is 2.20. The van der Waals surface area contributed by atoms with Crippen molar-refractivity contribution in [3.8, 4) is 6.07 Å². The lowest BCUT2D eigenvalue weighted by Gasteiger charge is -2.30. The first kappa shape index (κ1) is 16.0. The summed E-state index contributed by atoms with van der Waals surface area (Å²) in [6, 6.07) is 8.97. The highest BCUT2D eigenvalue weighted by atomic mass is 79.9. The van der Waals surface area contributed by atoms with E-state index in [1.807, 2.05) is 18.2 Å². The lowest BCUT2D eigenvalue weighted by Crippen LogP contribution is -2.40. The van der Waals surface area contributed by atoms with Crippen molar-refractivity contribution in [3.63, 3.8) is 0 Å². The fourth-order valence-corrected chi connectivity index (χ4v) is 2.63. The highest BCUT2D eigenvalue weighted by molar-refractivity contribution is 9.10. The lowest BCUT2D eigenvalue weighted by molar-refractivity contribution is 0.182. The van der Waals surface area contributed by atoms with E-state index < -0.39 is 0 Å². The summed E-state index contributed by atoms with van der Waals surface area (Å²) in [5, 5.41) is 12.3.